The van der Waals surface area contributed by atoms with Crippen molar-refractivity contribution in [1.82, 2.24) is 0 Å². The molecule has 0 N–H and O–H groups in total. The molecular weight excluding hydrogens is 757 g/mol. The molecule has 1 atom stereocenters. The minimum Gasteiger partial charge on any atom is -0.462 e. The number of rotatable bonds is 44. The first-order valence-corrected chi connectivity index (χ1v) is 25.1. The topological polar surface area (TPSA) is 78.9 Å². The van der Waals surface area contributed by atoms with Gasteiger partial charge in [0.15, 0.2) is 6.10 Å². The number of carbonyl (C=O) groups excluding carboxylic acids is 3. The van der Waals surface area contributed by atoms with Gasteiger partial charge in [0.2, 0.25) is 0 Å². The highest BCUT2D eigenvalue weighted by Gasteiger charge is 2.19. The lowest BCUT2D eigenvalue weighted by Crippen LogP contribution is -2.30. The molecule has 6 heteroatoms. The van der Waals surface area contributed by atoms with Gasteiger partial charge in [-0.2, -0.15) is 0 Å². The van der Waals surface area contributed by atoms with E-state index in [1.54, 1.807) is 0 Å². The van der Waals surface area contributed by atoms with Crippen LogP contribution in [-0.2, 0) is 28.6 Å². The van der Waals surface area contributed by atoms with E-state index in [9.17, 15) is 14.4 Å². The highest BCUT2D eigenvalue weighted by Crippen LogP contribution is 2.14. The van der Waals surface area contributed by atoms with Crippen LogP contribution in [0, 0.1) is 0 Å². The highest BCUT2D eigenvalue weighted by molar-refractivity contribution is 5.71. The third-order valence-electron chi connectivity index (χ3n) is 10.4. The first-order valence-electron chi connectivity index (χ1n) is 25.1. The van der Waals surface area contributed by atoms with E-state index in [2.05, 4.69) is 93.7 Å². The molecule has 0 amide bonds. The van der Waals surface area contributed by atoms with Gasteiger partial charge in [0.05, 0.1) is 0 Å². The van der Waals surface area contributed by atoms with Crippen molar-refractivity contribution in [2.45, 2.75) is 232 Å². The molecule has 61 heavy (non-hydrogen) atoms. The fourth-order valence-electron chi connectivity index (χ4n) is 6.64. The van der Waals surface area contributed by atoms with Crippen molar-refractivity contribution in [2.24, 2.45) is 0 Å². The molecule has 348 valence electrons. The Bertz CT molecular complexity index is 1200. The summed E-state index contributed by atoms with van der Waals surface area (Å²) < 4.78 is 16.7. The fraction of sp³-hybridized carbons (Fsp3) is 0.691. The number of hydrogen-bond acceptors (Lipinski definition) is 6. The van der Waals surface area contributed by atoms with Gasteiger partial charge in [0, 0.05) is 19.3 Å². The smallest absolute Gasteiger partial charge is 0.306 e. The molecule has 0 aliphatic heterocycles. The number of carbonyl (C=O) groups is 3. The predicted molar refractivity (Wildman–Crippen MR) is 261 cm³/mol. The SMILES string of the molecule is CC/C=C\C/C=C\C/C=C\C/C=C\C/C=C\C/C=C\CCC(=O)OCC(COC(=O)CCCCCCCCCCCCC)OC(=O)CCCCC/C=C\CCCCCCCC. The molecular formula is C55H92O6. The maximum atomic E-state index is 12.7. The Balaban J connectivity index is 4.50. The summed E-state index contributed by atoms with van der Waals surface area (Å²) >= 11 is 0. The van der Waals surface area contributed by atoms with E-state index >= 15 is 0 Å². The second kappa shape index (κ2) is 49.2. The Kier molecular flexibility index (Phi) is 46.5. The van der Waals surface area contributed by atoms with Crippen molar-refractivity contribution < 1.29 is 28.6 Å². The normalized spacial score (nSPS) is 12.8. The number of allylic oxidation sites excluding steroid dienone is 14. The minimum atomic E-state index is -0.812. The quantitative estimate of drug-likeness (QED) is 0.0263. The number of unbranched alkanes of at least 4 members (excludes halogenated alkanes) is 19. The summed E-state index contributed by atoms with van der Waals surface area (Å²) in [5.74, 6) is -1.01. The van der Waals surface area contributed by atoms with Crippen LogP contribution in [-0.4, -0.2) is 37.2 Å². The summed E-state index contributed by atoms with van der Waals surface area (Å²) in [6, 6.07) is 0. The van der Waals surface area contributed by atoms with Gasteiger partial charge in [-0.25, -0.2) is 0 Å². The average Bonchev–Trinajstić information content (AvgIpc) is 3.26. The van der Waals surface area contributed by atoms with Crippen LogP contribution >= 0.6 is 0 Å². The van der Waals surface area contributed by atoms with Gasteiger partial charge < -0.3 is 14.2 Å². The first-order chi connectivity index (χ1) is 30.0. The van der Waals surface area contributed by atoms with Crippen molar-refractivity contribution in [2.75, 3.05) is 13.2 Å². The molecule has 0 heterocycles. The highest BCUT2D eigenvalue weighted by atomic mass is 16.6. The molecule has 1 unspecified atom stereocenters. The molecule has 0 aliphatic carbocycles. The number of ether oxygens (including phenoxy) is 3. The van der Waals surface area contributed by atoms with E-state index in [0.717, 1.165) is 89.9 Å². The molecule has 0 fully saturated rings. The fourth-order valence-corrected chi connectivity index (χ4v) is 6.64. The van der Waals surface area contributed by atoms with Crippen LogP contribution in [0.5, 0.6) is 0 Å². The molecule has 0 saturated carbocycles. The van der Waals surface area contributed by atoms with E-state index in [1.165, 1.54) is 89.9 Å². The average molecular weight is 849 g/mol. The van der Waals surface area contributed by atoms with Crippen molar-refractivity contribution >= 4 is 17.9 Å². The van der Waals surface area contributed by atoms with E-state index in [-0.39, 0.29) is 37.5 Å². The lowest BCUT2D eigenvalue weighted by Gasteiger charge is -2.18. The monoisotopic (exact) mass is 849 g/mol. The van der Waals surface area contributed by atoms with Gasteiger partial charge in [-0.3, -0.25) is 14.4 Å². The molecule has 6 nitrogen and oxygen atoms in total. The van der Waals surface area contributed by atoms with Gasteiger partial charge in [-0.15, -0.1) is 0 Å². The van der Waals surface area contributed by atoms with Crippen molar-refractivity contribution in [3.05, 3.63) is 85.1 Å². The van der Waals surface area contributed by atoms with Gasteiger partial charge >= 0.3 is 17.9 Å². The molecule has 0 spiro atoms. The molecule has 0 aliphatic rings. The first kappa shape index (κ1) is 57.6. The maximum absolute atomic E-state index is 12.7. The van der Waals surface area contributed by atoms with Crippen LogP contribution in [0.15, 0.2) is 85.1 Å². The van der Waals surface area contributed by atoms with Crippen LogP contribution in [0.3, 0.4) is 0 Å². The van der Waals surface area contributed by atoms with Crippen LogP contribution in [0.2, 0.25) is 0 Å². The predicted octanol–water partition coefficient (Wildman–Crippen LogP) is 16.4. The Hall–Kier alpha value is -3.41. The van der Waals surface area contributed by atoms with Crippen LogP contribution < -0.4 is 0 Å². The summed E-state index contributed by atoms with van der Waals surface area (Å²) in [5.41, 5.74) is 0. The van der Waals surface area contributed by atoms with Gasteiger partial charge in [0.25, 0.3) is 0 Å². The second-order valence-electron chi connectivity index (χ2n) is 16.3. The zero-order chi connectivity index (χ0) is 44.4. The number of esters is 3. The van der Waals surface area contributed by atoms with E-state index in [4.69, 9.17) is 14.2 Å². The van der Waals surface area contributed by atoms with Gasteiger partial charge in [0.1, 0.15) is 13.2 Å². The standard InChI is InChI=1S/C55H92O6/c1-4-7-10-13-16-19-22-24-25-26-27-28-29-31-33-36-39-42-45-48-54(57)60-51-52(50-59-53(56)47-44-41-38-35-32-21-18-15-12-9-6-3)61-55(58)49-46-43-40-37-34-30-23-20-17-14-11-8-5-2/h7,10,16,19,24-25,27-28,30-31,33-34,39,42,52H,4-6,8-9,11-15,17-18,20-23,26,29,32,35-38,40-41,43-51H2,1-3H3/b10-7-,19-16-,25-24-,28-27-,33-31-,34-30-,42-39-. The molecule has 0 saturated heterocycles. The van der Waals surface area contributed by atoms with Gasteiger partial charge in [-0.1, -0.05) is 209 Å². The molecule has 0 rings (SSSR count). The molecule has 0 aromatic heterocycles. The van der Waals surface area contributed by atoms with E-state index in [1.807, 2.05) is 12.2 Å². The number of hydrogen-bond donors (Lipinski definition) is 0. The Labute approximate surface area is 375 Å². The summed E-state index contributed by atoms with van der Waals surface area (Å²) in [4.78, 5) is 37.8. The summed E-state index contributed by atoms with van der Waals surface area (Å²) in [5, 5.41) is 0. The molecule has 0 bridgehead atoms. The molecule has 0 aromatic carbocycles. The maximum Gasteiger partial charge on any atom is 0.306 e. The van der Waals surface area contributed by atoms with Crippen molar-refractivity contribution in [3.8, 4) is 0 Å². The van der Waals surface area contributed by atoms with Crippen LogP contribution in [0.4, 0.5) is 0 Å². The largest absolute Gasteiger partial charge is 0.462 e. The Morgan fingerprint density at radius 2 is 0.672 bits per heavy atom. The Morgan fingerprint density at radius 3 is 1.11 bits per heavy atom. The lowest BCUT2D eigenvalue weighted by molar-refractivity contribution is -0.166. The van der Waals surface area contributed by atoms with Gasteiger partial charge in [-0.05, 0) is 83.5 Å². The van der Waals surface area contributed by atoms with Crippen LogP contribution in [0.25, 0.3) is 0 Å². The third-order valence-corrected chi connectivity index (χ3v) is 10.4. The van der Waals surface area contributed by atoms with Crippen LogP contribution in [0.1, 0.15) is 226 Å². The third kappa shape index (κ3) is 47.5. The summed E-state index contributed by atoms with van der Waals surface area (Å²) in [6.45, 7) is 6.42. The molecule has 0 radical (unpaired) electrons. The Morgan fingerprint density at radius 1 is 0.344 bits per heavy atom. The van der Waals surface area contributed by atoms with Crippen molar-refractivity contribution in [1.29, 1.82) is 0 Å². The zero-order valence-corrected chi connectivity index (χ0v) is 39.7. The van der Waals surface area contributed by atoms with Crippen molar-refractivity contribution in [3.63, 3.8) is 0 Å². The lowest BCUT2D eigenvalue weighted by atomic mass is 10.1. The van der Waals surface area contributed by atoms with E-state index in [0.29, 0.717) is 19.3 Å². The summed E-state index contributed by atoms with van der Waals surface area (Å²) in [7, 11) is 0. The zero-order valence-electron chi connectivity index (χ0n) is 39.7. The van der Waals surface area contributed by atoms with E-state index < -0.39 is 6.10 Å². The molecule has 0 aromatic rings. The minimum absolute atomic E-state index is 0.105. The summed E-state index contributed by atoms with van der Waals surface area (Å²) in [6.07, 6.45) is 62.9. The second-order valence-corrected chi connectivity index (χ2v) is 16.3.